The second kappa shape index (κ2) is 5.95. The van der Waals surface area contributed by atoms with E-state index in [4.69, 9.17) is 5.73 Å². The predicted molar refractivity (Wildman–Crippen MR) is 92.6 cm³/mol. The first-order valence-electron chi connectivity index (χ1n) is 7.02. The minimum Gasteiger partial charge on any atom is -0.399 e. The van der Waals surface area contributed by atoms with Crippen molar-refractivity contribution in [2.75, 3.05) is 11.1 Å². The Morgan fingerprint density at radius 2 is 1.75 bits per heavy atom. The summed E-state index contributed by atoms with van der Waals surface area (Å²) < 4.78 is 33.2. The quantitative estimate of drug-likeness (QED) is 0.501. The highest BCUT2D eigenvalue weighted by Gasteiger charge is 2.21. The Bertz CT molecular complexity index is 1050. The number of anilines is 2. The van der Waals surface area contributed by atoms with Crippen molar-refractivity contribution < 1.29 is 17.8 Å². The Kier molecular flexibility index (Phi) is 3.96. The molecule has 0 heterocycles. The highest BCUT2D eigenvalue weighted by atomic mass is 32.2. The second-order valence-electron chi connectivity index (χ2n) is 5.22. The molecular weight excluding hydrogens is 328 g/mol. The van der Waals surface area contributed by atoms with Crippen molar-refractivity contribution in [3.05, 3.63) is 66.2 Å². The summed E-state index contributed by atoms with van der Waals surface area (Å²) >= 11 is 0. The number of nitrogens with two attached hydrogens (primary N) is 1. The number of nitrogen functional groups attached to an aromatic ring is 1. The molecule has 6 nitrogen and oxygen atoms in total. The molecule has 0 aromatic heterocycles. The fraction of sp³-hybridized carbons (Fsp3) is 0. The molecule has 0 saturated carbocycles. The van der Waals surface area contributed by atoms with Crippen molar-refractivity contribution in [2.45, 2.75) is 4.90 Å². The summed E-state index contributed by atoms with van der Waals surface area (Å²) in [6, 6.07) is 16.1. The zero-order valence-corrected chi connectivity index (χ0v) is 13.2. The van der Waals surface area contributed by atoms with E-state index in [0.29, 0.717) is 16.5 Å². The van der Waals surface area contributed by atoms with Crippen molar-refractivity contribution >= 4 is 38.2 Å². The molecule has 0 unspecified atom stereocenters. The zero-order chi connectivity index (χ0) is 17.3. The number of hydrogen-bond acceptors (Lipinski definition) is 4. The SMILES string of the molecule is Nc1cccc(C(=O)Nc2ccc3ccccc3c2S(=O)(=O)O)c1. The topological polar surface area (TPSA) is 109 Å². The predicted octanol–water partition coefficient (Wildman–Crippen LogP) is 2.92. The Balaban J connectivity index is 2.11. The van der Waals surface area contributed by atoms with Crippen molar-refractivity contribution in [3.8, 4) is 0 Å². The first kappa shape index (κ1) is 16.0. The van der Waals surface area contributed by atoms with E-state index in [1.54, 1.807) is 48.5 Å². The van der Waals surface area contributed by atoms with Crippen LogP contribution in [0.3, 0.4) is 0 Å². The lowest BCUT2D eigenvalue weighted by Gasteiger charge is -2.12. The lowest BCUT2D eigenvalue weighted by Crippen LogP contribution is -2.15. The molecule has 1 amide bonds. The summed E-state index contributed by atoms with van der Waals surface area (Å²) in [5.74, 6) is -0.525. The molecule has 0 aliphatic heterocycles. The molecular formula is C17H14N2O4S. The van der Waals surface area contributed by atoms with Crippen molar-refractivity contribution in [1.82, 2.24) is 0 Å². The third-order valence-electron chi connectivity index (χ3n) is 3.53. The number of rotatable bonds is 3. The zero-order valence-electron chi connectivity index (χ0n) is 12.4. The number of nitrogens with one attached hydrogen (secondary N) is 1. The number of fused-ring (bicyclic) bond motifs is 1. The molecule has 3 rings (SSSR count). The normalized spacial score (nSPS) is 11.4. The highest BCUT2D eigenvalue weighted by Crippen LogP contribution is 2.30. The highest BCUT2D eigenvalue weighted by molar-refractivity contribution is 7.86. The van der Waals surface area contributed by atoms with Gasteiger partial charge < -0.3 is 11.1 Å². The minimum absolute atomic E-state index is 0.00336. The Hall–Kier alpha value is -2.90. The number of benzene rings is 3. The number of carbonyl (C=O) groups excluding carboxylic acids is 1. The molecule has 0 atom stereocenters. The standard InChI is InChI=1S/C17H14N2O4S/c18-13-6-3-5-12(10-13)17(20)19-15-9-8-11-4-1-2-7-14(11)16(15)24(21,22)23/h1-10H,18H2,(H,19,20)(H,21,22,23). The van der Waals surface area contributed by atoms with Crippen molar-refractivity contribution in [1.29, 1.82) is 0 Å². The van der Waals surface area contributed by atoms with Crippen LogP contribution in [-0.4, -0.2) is 18.9 Å². The smallest absolute Gasteiger partial charge is 0.297 e. The van der Waals surface area contributed by atoms with Gasteiger partial charge in [0, 0.05) is 16.6 Å². The van der Waals surface area contributed by atoms with E-state index in [2.05, 4.69) is 5.32 Å². The van der Waals surface area contributed by atoms with Gasteiger partial charge in [0.25, 0.3) is 16.0 Å². The maximum absolute atomic E-state index is 12.3. The summed E-state index contributed by atoms with van der Waals surface area (Å²) in [5.41, 5.74) is 6.35. The van der Waals surface area contributed by atoms with Crippen LogP contribution in [0.4, 0.5) is 11.4 Å². The summed E-state index contributed by atoms with van der Waals surface area (Å²) in [7, 11) is -4.54. The van der Waals surface area contributed by atoms with Gasteiger partial charge in [-0.15, -0.1) is 0 Å². The molecule has 0 fully saturated rings. The van der Waals surface area contributed by atoms with Crippen LogP contribution in [0.25, 0.3) is 10.8 Å². The van der Waals surface area contributed by atoms with E-state index in [9.17, 15) is 17.8 Å². The van der Waals surface area contributed by atoms with E-state index in [0.717, 1.165) is 0 Å². The van der Waals surface area contributed by atoms with Gasteiger partial charge in [0.15, 0.2) is 0 Å². The molecule has 3 aromatic carbocycles. The van der Waals surface area contributed by atoms with Gasteiger partial charge in [-0.1, -0.05) is 36.4 Å². The third kappa shape index (κ3) is 3.08. The molecule has 0 radical (unpaired) electrons. The van der Waals surface area contributed by atoms with E-state index in [-0.39, 0.29) is 16.1 Å². The lowest BCUT2D eigenvalue weighted by atomic mass is 10.1. The minimum atomic E-state index is -4.54. The van der Waals surface area contributed by atoms with Crippen LogP contribution in [0, 0.1) is 0 Å². The van der Waals surface area contributed by atoms with Gasteiger partial charge in [-0.05, 0) is 29.7 Å². The fourth-order valence-corrected chi connectivity index (χ4v) is 3.35. The molecule has 122 valence electrons. The van der Waals surface area contributed by atoms with Gasteiger partial charge >= 0.3 is 0 Å². The Morgan fingerprint density at radius 3 is 2.46 bits per heavy atom. The second-order valence-corrected chi connectivity index (χ2v) is 6.58. The maximum Gasteiger partial charge on any atom is 0.297 e. The van der Waals surface area contributed by atoms with Crippen LogP contribution in [0.15, 0.2) is 65.6 Å². The van der Waals surface area contributed by atoms with Gasteiger partial charge in [0.2, 0.25) is 0 Å². The molecule has 7 heteroatoms. The number of carbonyl (C=O) groups is 1. The van der Waals surface area contributed by atoms with Gasteiger partial charge in [-0.2, -0.15) is 8.42 Å². The molecule has 24 heavy (non-hydrogen) atoms. The van der Waals surface area contributed by atoms with E-state index >= 15 is 0 Å². The van der Waals surface area contributed by atoms with Gasteiger partial charge in [0.05, 0.1) is 5.69 Å². The fourth-order valence-electron chi connectivity index (χ4n) is 2.49. The van der Waals surface area contributed by atoms with Crippen molar-refractivity contribution in [3.63, 3.8) is 0 Å². The third-order valence-corrected chi connectivity index (χ3v) is 4.49. The monoisotopic (exact) mass is 342 g/mol. The molecule has 0 aliphatic rings. The van der Waals surface area contributed by atoms with Crippen LogP contribution >= 0.6 is 0 Å². The van der Waals surface area contributed by atoms with Crippen LogP contribution in [-0.2, 0) is 10.1 Å². The first-order valence-corrected chi connectivity index (χ1v) is 8.46. The van der Waals surface area contributed by atoms with E-state index in [1.165, 1.54) is 12.1 Å². The van der Waals surface area contributed by atoms with E-state index in [1.807, 2.05) is 0 Å². The molecule has 3 aromatic rings. The lowest BCUT2D eigenvalue weighted by molar-refractivity contribution is 0.102. The Labute approximate surface area is 138 Å². The van der Waals surface area contributed by atoms with E-state index < -0.39 is 16.0 Å². The molecule has 4 N–H and O–H groups in total. The van der Waals surface area contributed by atoms with Gasteiger partial charge in [-0.25, -0.2) is 0 Å². The first-order chi connectivity index (χ1) is 11.4. The summed E-state index contributed by atoms with van der Waals surface area (Å²) in [6.07, 6.45) is 0. The molecule has 0 aliphatic carbocycles. The molecule has 0 bridgehead atoms. The Morgan fingerprint density at radius 1 is 1.00 bits per heavy atom. The van der Waals surface area contributed by atoms with Crippen LogP contribution in [0.2, 0.25) is 0 Å². The van der Waals surface area contributed by atoms with Crippen LogP contribution < -0.4 is 11.1 Å². The van der Waals surface area contributed by atoms with Gasteiger partial charge in [0.1, 0.15) is 4.90 Å². The largest absolute Gasteiger partial charge is 0.399 e. The van der Waals surface area contributed by atoms with Crippen LogP contribution in [0.1, 0.15) is 10.4 Å². The summed E-state index contributed by atoms with van der Waals surface area (Å²) in [5, 5.41) is 3.48. The number of hydrogen-bond donors (Lipinski definition) is 3. The summed E-state index contributed by atoms with van der Waals surface area (Å²) in [6.45, 7) is 0. The van der Waals surface area contributed by atoms with Crippen molar-refractivity contribution in [2.24, 2.45) is 0 Å². The number of amides is 1. The molecule has 0 saturated heterocycles. The van der Waals surface area contributed by atoms with Gasteiger partial charge in [-0.3, -0.25) is 9.35 Å². The maximum atomic E-state index is 12.3. The summed E-state index contributed by atoms with van der Waals surface area (Å²) in [4.78, 5) is 12.0. The van der Waals surface area contributed by atoms with Crippen LogP contribution in [0.5, 0.6) is 0 Å². The average Bonchev–Trinajstić information content (AvgIpc) is 2.53. The average molecular weight is 342 g/mol. The molecule has 0 spiro atoms.